The number of hydrogen-bond donors (Lipinski definition) is 1. The van der Waals surface area contributed by atoms with E-state index in [0.717, 1.165) is 31.7 Å². The maximum absolute atomic E-state index is 6.20. The van der Waals surface area contributed by atoms with Crippen LogP contribution in [-0.2, 0) is 6.54 Å². The molecule has 3 nitrogen and oxygen atoms in total. The Hall–Kier alpha value is -0.910. The van der Waals surface area contributed by atoms with Crippen LogP contribution in [0.2, 0.25) is 5.02 Å². The van der Waals surface area contributed by atoms with Gasteiger partial charge in [0.15, 0.2) is 11.5 Å². The summed E-state index contributed by atoms with van der Waals surface area (Å²) in [6.45, 7) is 1.81. The molecule has 2 aromatic carbocycles. The summed E-state index contributed by atoms with van der Waals surface area (Å²) in [5, 5.41) is 4.00. The molecule has 1 N–H and O–H groups in total. The van der Waals surface area contributed by atoms with Crippen molar-refractivity contribution < 1.29 is 9.47 Å². The lowest BCUT2D eigenvalue weighted by molar-refractivity contribution is 0.170. The fourth-order valence-corrected chi connectivity index (χ4v) is 3.44. The van der Waals surface area contributed by atoms with Gasteiger partial charge in [0.25, 0.3) is 0 Å². The average Bonchev–Trinajstić information content (AvgIpc) is 2.46. The molecule has 21 heavy (non-hydrogen) atoms. The molecule has 0 bridgehead atoms. The monoisotopic (exact) mass is 431 g/mol. The first kappa shape index (κ1) is 15.0. The van der Waals surface area contributed by atoms with Crippen molar-refractivity contribution in [1.82, 2.24) is 0 Å². The van der Waals surface area contributed by atoms with Gasteiger partial charge in [-0.1, -0.05) is 27.5 Å². The zero-order valence-corrected chi connectivity index (χ0v) is 14.9. The molecule has 0 saturated heterocycles. The Labute approximate surface area is 144 Å². The molecule has 1 aliphatic rings. The van der Waals surface area contributed by atoms with Gasteiger partial charge in [-0.25, -0.2) is 0 Å². The average molecular weight is 434 g/mol. The van der Waals surface area contributed by atoms with E-state index in [4.69, 9.17) is 21.1 Å². The molecule has 3 rings (SSSR count). The third-order valence-electron chi connectivity index (χ3n) is 3.07. The fourth-order valence-electron chi connectivity index (χ4n) is 2.10. The van der Waals surface area contributed by atoms with E-state index in [1.807, 2.05) is 30.3 Å². The van der Waals surface area contributed by atoms with Gasteiger partial charge in [0, 0.05) is 11.0 Å². The number of halogens is 3. The van der Waals surface area contributed by atoms with E-state index in [9.17, 15) is 0 Å². The molecule has 0 aromatic heterocycles. The Balaban J connectivity index is 1.77. The Morgan fingerprint density at radius 2 is 1.90 bits per heavy atom. The van der Waals surface area contributed by atoms with Gasteiger partial charge in [0.1, 0.15) is 13.2 Å². The first-order chi connectivity index (χ1) is 10.1. The van der Waals surface area contributed by atoms with E-state index in [0.29, 0.717) is 24.8 Å². The number of fused-ring (bicyclic) bond motifs is 1. The van der Waals surface area contributed by atoms with Crippen LogP contribution in [0, 0.1) is 0 Å². The highest BCUT2D eigenvalue weighted by atomic mass is 79.9. The lowest BCUT2D eigenvalue weighted by Crippen LogP contribution is -2.16. The molecule has 110 valence electrons. The van der Waals surface area contributed by atoms with E-state index in [2.05, 4.69) is 37.2 Å². The summed E-state index contributed by atoms with van der Waals surface area (Å²) in [6.07, 6.45) is 0. The Morgan fingerprint density at radius 3 is 2.71 bits per heavy atom. The number of rotatable bonds is 3. The predicted molar refractivity (Wildman–Crippen MR) is 91.6 cm³/mol. The fraction of sp³-hybridized carbons (Fsp3) is 0.200. The minimum atomic E-state index is 0.578. The van der Waals surface area contributed by atoms with E-state index in [1.165, 1.54) is 0 Å². The first-order valence-corrected chi connectivity index (χ1v) is 8.37. The standard InChI is InChI=1S/C15H12Br2ClNO2/c16-10-1-2-13(12(18)7-10)19-8-9-5-11(17)15-14(6-9)20-3-4-21-15/h1-2,5-7,19H,3-4,8H2. The van der Waals surface area contributed by atoms with Crippen molar-refractivity contribution in [3.8, 4) is 11.5 Å². The topological polar surface area (TPSA) is 30.5 Å². The van der Waals surface area contributed by atoms with E-state index < -0.39 is 0 Å². The zero-order chi connectivity index (χ0) is 14.8. The molecule has 1 aliphatic heterocycles. The Bertz CT molecular complexity index is 679. The van der Waals surface area contributed by atoms with Crippen LogP contribution in [0.25, 0.3) is 0 Å². The van der Waals surface area contributed by atoms with Crippen LogP contribution >= 0.6 is 43.5 Å². The molecule has 0 amide bonds. The molecule has 1 heterocycles. The number of ether oxygens (including phenoxy) is 2. The second-order valence-corrected chi connectivity index (χ2v) is 6.76. The van der Waals surface area contributed by atoms with Gasteiger partial charge in [-0.05, 0) is 51.8 Å². The largest absolute Gasteiger partial charge is 0.486 e. The van der Waals surface area contributed by atoms with Gasteiger partial charge >= 0.3 is 0 Å². The lowest BCUT2D eigenvalue weighted by Gasteiger charge is -2.20. The van der Waals surface area contributed by atoms with Crippen molar-refractivity contribution in [2.24, 2.45) is 0 Å². The van der Waals surface area contributed by atoms with Gasteiger partial charge in [-0.15, -0.1) is 0 Å². The molecule has 6 heteroatoms. The Kier molecular flexibility index (Phi) is 4.62. The quantitative estimate of drug-likeness (QED) is 0.717. The second-order valence-electron chi connectivity index (χ2n) is 4.58. The molecule has 0 aliphatic carbocycles. The maximum atomic E-state index is 6.20. The molecule has 2 aromatic rings. The molecular weight excluding hydrogens is 421 g/mol. The molecule has 0 atom stereocenters. The first-order valence-electron chi connectivity index (χ1n) is 6.40. The third-order valence-corrected chi connectivity index (χ3v) is 4.47. The molecule has 0 radical (unpaired) electrons. The van der Waals surface area contributed by atoms with Gasteiger partial charge in [-0.3, -0.25) is 0 Å². The van der Waals surface area contributed by atoms with E-state index in [-0.39, 0.29) is 0 Å². The number of hydrogen-bond acceptors (Lipinski definition) is 3. The van der Waals surface area contributed by atoms with Crippen LogP contribution in [0.4, 0.5) is 5.69 Å². The summed E-state index contributed by atoms with van der Waals surface area (Å²) in [5.41, 5.74) is 1.98. The highest BCUT2D eigenvalue weighted by Gasteiger charge is 2.16. The van der Waals surface area contributed by atoms with Gasteiger partial charge < -0.3 is 14.8 Å². The highest BCUT2D eigenvalue weighted by Crippen LogP contribution is 2.38. The minimum absolute atomic E-state index is 0.578. The molecule has 0 saturated carbocycles. The number of benzene rings is 2. The van der Waals surface area contributed by atoms with Crippen molar-refractivity contribution in [2.75, 3.05) is 18.5 Å². The van der Waals surface area contributed by atoms with Crippen LogP contribution in [0.1, 0.15) is 5.56 Å². The Morgan fingerprint density at radius 1 is 1.10 bits per heavy atom. The lowest BCUT2D eigenvalue weighted by atomic mass is 10.2. The minimum Gasteiger partial charge on any atom is -0.486 e. The highest BCUT2D eigenvalue weighted by molar-refractivity contribution is 9.10. The van der Waals surface area contributed by atoms with Crippen LogP contribution in [0.5, 0.6) is 11.5 Å². The summed E-state index contributed by atoms with van der Waals surface area (Å²) < 4.78 is 13.1. The summed E-state index contributed by atoms with van der Waals surface area (Å²) in [5.74, 6) is 1.54. The van der Waals surface area contributed by atoms with Crippen LogP contribution in [0.3, 0.4) is 0 Å². The summed E-state index contributed by atoms with van der Waals surface area (Å²) in [7, 11) is 0. The normalized spacial score (nSPS) is 13.1. The zero-order valence-electron chi connectivity index (χ0n) is 11.0. The molecule has 0 fully saturated rings. The van der Waals surface area contributed by atoms with Crippen LogP contribution < -0.4 is 14.8 Å². The van der Waals surface area contributed by atoms with Crippen LogP contribution in [-0.4, -0.2) is 13.2 Å². The van der Waals surface area contributed by atoms with Crippen molar-refractivity contribution in [1.29, 1.82) is 0 Å². The van der Waals surface area contributed by atoms with Gasteiger partial charge in [0.05, 0.1) is 15.2 Å². The SMILES string of the molecule is Clc1cc(Br)ccc1NCc1cc(Br)c2c(c1)OCCO2. The third kappa shape index (κ3) is 3.47. The number of nitrogens with one attached hydrogen (secondary N) is 1. The van der Waals surface area contributed by atoms with Crippen molar-refractivity contribution in [2.45, 2.75) is 6.54 Å². The molecule has 0 spiro atoms. The molecule has 0 unspecified atom stereocenters. The second kappa shape index (κ2) is 6.46. The maximum Gasteiger partial charge on any atom is 0.175 e. The smallest absolute Gasteiger partial charge is 0.175 e. The van der Waals surface area contributed by atoms with E-state index in [1.54, 1.807) is 0 Å². The van der Waals surface area contributed by atoms with Gasteiger partial charge in [-0.2, -0.15) is 0 Å². The summed E-state index contributed by atoms with van der Waals surface area (Å²) >= 11 is 13.1. The molecular formula is C15H12Br2ClNO2. The summed E-state index contributed by atoms with van der Waals surface area (Å²) in [6, 6.07) is 9.77. The van der Waals surface area contributed by atoms with E-state index >= 15 is 0 Å². The van der Waals surface area contributed by atoms with Gasteiger partial charge in [0.2, 0.25) is 0 Å². The predicted octanol–water partition coefficient (Wildman–Crippen LogP) is 5.25. The van der Waals surface area contributed by atoms with Crippen LogP contribution in [0.15, 0.2) is 39.3 Å². The van der Waals surface area contributed by atoms with Crippen molar-refractivity contribution in [3.05, 3.63) is 49.9 Å². The van der Waals surface area contributed by atoms with Crippen molar-refractivity contribution >= 4 is 49.1 Å². The summed E-state index contributed by atoms with van der Waals surface area (Å²) in [4.78, 5) is 0. The number of anilines is 1. The van der Waals surface area contributed by atoms with Crippen molar-refractivity contribution in [3.63, 3.8) is 0 Å².